The van der Waals surface area contributed by atoms with Gasteiger partial charge in [-0.25, -0.2) is 0 Å². The molecule has 0 radical (unpaired) electrons. The van der Waals surface area contributed by atoms with Gasteiger partial charge in [0, 0.05) is 5.56 Å². The predicted molar refractivity (Wildman–Crippen MR) is 62.9 cm³/mol. The Balaban J connectivity index is 2.57. The highest BCUT2D eigenvalue weighted by Gasteiger charge is 2.04. The molecular formula is C10H6Br2N2. The molecule has 0 aliphatic rings. The summed E-state index contributed by atoms with van der Waals surface area (Å²) in [6, 6.07) is 12.0. The van der Waals surface area contributed by atoms with E-state index in [2.05, 4.69) is 42.1 Å². The maximum atomic E-state index is 3.97. The van der Waals surface area contributed by atoms with Crippen LogP contribution in [-0.2, 0) is 0 Å². The van der Waals surface area contributed by atoms with Crippen LogP contribution in [0.4, 0.5) is 0 Å². The molecule has 0 aliphatic heterocycles. The zero-order chi connectivity index (χ0) is 9.97. The standard InChI is InChI=1S/C10H6Br2N2/c11-9-6-8(10(12)14-13-9)7-4-2-1-3-5-7/h1-6H. The number of hydrogen-bond acceptors (Lipinski definition) is 2. The molecule has 0 aliphatic carbocycles. The van der Waals surface area contributed by atoms with Crippen molar-refractivity contribution in [3.05, 3.63) is 45.6 Å². The number of rotatable bonds is 1. The summed E-state index contributed by atoms with van der Waals surface area (Å²) in [6.07, 6.45) is 0. The molecule has 0 amide bonds. The SMILES string of the molecule is Brc1cc(-c2ccccc2)c(Br)nn1. The molecule has 14 heavy (non-hydrogen) atoms. The van der Waals surface area contributed by atoms with Crippen LogP contribution in [0, 0.1) is 0 Å². The molecule has 0 spiro atoms. The van der Waals surface area contributed by atoms with Crippen molar-refractivity contribution < 1.29 is 0 Å². The highest BCUT2D eigenvalue weighted by molar-refractivity contribution is 9.11. The van der Waals surface area contributed by atoms with Crippen LogP contribution in [0.5, 0.6) is 0 Å². The molecular weight excluding hydrogens is 308 g/mol. The number of nitrogens with zero attached hydrogens (tertiary/aromatic N) is 2. The fourth-order valence-corrected chi connectivity index (χ4v) is 1.90. The third kappa shape index (κ3) is 2.01. The Morgan fingerprint density at radius 1 is 0.929 bits per heavy atom. The summed E-state index contributed by atoms with van der Waals surface area (Å²) in [4.78, 5) is 0. The van der Waals surface area contributed by atoms with Crippen LogP contribution in [-0.4, -0.2) is 10.2 Å². The summed E-state index contributed by atoms with van der Waals surface area (Å²) in [7, 11) is 0. The highest BCUT2D eigenvalue weighted by Crippen LogP contribution is 2.27. The first-order valence-corrected chi connectivity index (χ1v) is 5.60. The van der Waals surface area contributed by atoms with Crippen LogP contribution in [0.1, 0.15) is 0 Å². The van der Waals surface area contributed by atoms with Crippen LogP contribution in [0.3, 0.4) is 0 Å². The molecule has 0 N–H and O–H groups in total. The van der Waals surface area contributed by atoms with Gasteiger partial charge in [0.25, 0.3) is 0 Å². The fraction of sp³-hybridized carbons (Fsp3) is 0. The topological polar surface area (TPSA) is 25.8 Å². The van der Waals surface area contributed by atoms with Crippen LogP contribution >= 0.6 is 31.9 Å². The molecule has 0 fully saturated rings. The van der Waals surface area contributed by atoms with E-state index in [-0.39, 0.29) is 0 Å². The van der Waals surface area contributed by atoms with Crippen LogP contribution in [0.2, 0.25) is 0 Å². The quantitative estimate of drug-likeness (QED) is 0.803. The number of halogens is 2. The maximum absolute atomic E-state index is 3.97. The summed E-state index contributed by atoms with van der Waals surface area (Å²) in [5.74, 6) is 0. The van der Waals surface area contributed by atoms with Crippen LogP contribution in [0.25, 0.3) is 11.1 Å². The average molecular weight is 314 g/mol. The van der Waals surface area contributed by atoms with Crippen molar-refractivity contribution in [3.63, 3.8) is 0 Å². The van der Waals surface area contributed by atoms with Gasteiger partial charge < -0.3 is 0 Å². The van der Waals surface area contributed by atoms with E-state index in [1.165, 1.54) is 0 Å². The minimum absolute atomic E-state index is 0.736. The Morgan fingerprint density at radius 2 is 1.64 bits per heavy atom. The Hall–Kier alpha value is -0.740. The van der Waals surface area contributed by atoms with Gasteiger partial charge in [-0.2, -0.15) is 0 Å². The lowest BCUT2D eigenvalue weighted by molar-refractivity contribution is 0.984. The first kappa shape index (κ1) is 9.80. The molecule has 0 saturated carbocycles. The Labute approximate surface area is 98.6 Å². The van der Waals surface area contributed by atoms with Crippen molar-refractivity contribution >= 4 is 31.9 Å². The average Bonchev–Trinajstić information content (AvgIpc) is 2.23. The summed E-state index contributed by atoms with van der Waals surface area (Å²) in [6.45, 7) is 0. The molecule has 2 rings (SSSR count). The molecule has 4 heteroatoms. The lowest BCUT2D eigenvalue weighted by Gasteiger charge is -2.02. The largest absolute Gasteiger partial charge is 0.142 e. The minimum atomic E-state index is 0.736. The van der Waals surface area contributed by atoms with Crippen molar-refractivity contribution in [2.75, 3.05) is 0 Å². The van der Waals surface area contributed by atoms with Gasteiger partial charge in [0.05, 0.1) is 0 Å². The number of aromatic nitrogens is 2. The summed E-state index contributed by atoms with van der Waals surface area (Å²) in [5, 5.41) is 7.86. The third-order valence-corrected chi connectivity index (χ3v) is 2.78. The summed E-state index contributed by atoms with van der Waals surface area (Å²) >= 11 is 6.67. The first-order chi connectivity index (χ1) is 6.77. The van der Waals surface area contributed by atoms with Crippen molar-refractivity contribution in [2.24, 2.45) is 0 Å². The van der Waals surface area contributed by atoms with Crippen molar-refractivity contribution in [3.8, 4) is 11.1 Å². The molecule has 2 nitrogen and oxygen atoms in total. The van der Waals surface area contributed by atoms with E-state index in [0.29, 0.717) is 0 Å². The zero-order valence-corrected chi connectivity index (χ0v) is 10.3. The van der Waals surface area contributed by atoms with Gasteiger partial charge in [-0.3, -0.25) is 0 Å². The van der Waals surface area contributed by atoms with E-state index in [1.54, 1.807) is 0 Å². The Morgan fingerprint density at radius 3 is 2.36 bits per heavy atom. The van der Waals surface area contributed by atoms with Gasteiger partial charge in [0.1, 0.15) is 9.21 Å². The van der Waals surface area contributed by atoms with E-state index in [0.717, 1.165) is 20.3 Å². The van der Waals surface area contributed by atoms with Gasteiger partial charge in [-0.1, -0.05) is 30.3 Å². The Bertz CT molecular complexity index is 443. The van der Waals surface area contributed by atoms with Crippen molar-refractivity contribution in [1.29, 1.82) is 0 Å². The van der Waals surface area contributed by atoms with E-state index in [9.17, 15) is 0 Å². The Kier molecular flexibility index (Phi) is 2.93. The predicted octanol–water partition coefficient (Wildman–Crippen LogP) is 3.67. The van der Waals surface area contributed by atoms with Gasteiger partial charge in [0.2, 0.25) is 0 Å². The molecule has 0 unspecified atom stereocenters. The number of hydrogen-bond donors (Lipinski definition) is 0. The lowest BCUT2D eigenvalue weighted by atomic mass is 10.1. The molecule has 1 aromatic carbocycles. The van der Waals surface area contributed by atoms with E-state index in [1.807, 2.05) is 36.4 Å². The molecule has 2 aromatic rings. The van der Waals surface area contributed by atoms with E-state index in [4.69, 9.17) is 0 Å². The molecule has 70 valence electrons. The zero-order valence-electron chi connectivity index (χ0n) is 7.11. The van der Waals surface area contributed by atoms with Gasteiger partial charge >= 0.3 is 0 Å². The van der Waals surface area contributed by atoms with Gasteiger partial charge in [-0.15, -0.1) is 10.2 Å². The summed E-state index contributed by atoms with van der Waals surface area (Å²) < 4.78 is 1.49. The maximum Gasteiger partial charge on any atom is 0.136 e. The normalized spacial score (nSPS) is 10.1. The van der Waals surface area contributed by atoms with E-state index >= 15 is 0 Å². The van der Waals surface area contributed by atoms with Gasteiger partial charge in [0.15, 0.2) is 0 Å². The molecule has 1 aromatic heterocycles. The van der Waals surface area contributed by atoms with Crippen LogP contribution in [0.15, 0.2) is 45.6 Å². The first-order valence-electron chi connectivity index (χ1n) is 4.01. The molecule has 0 saturated heterocycles. The number of benzene rings is 1. The minimum Gasteiger partial charge on any atom is -0.142 e. The van der Waals surface area contributed by atoms with Crippen LogP contribution < -0.4 is 0 Å². The van der Waals surface area contributed by atoms with Crippen molar-refractivity contribution in [2.45, 2.75) is 0 Å². The smallest absolute Gasteiger partial charge is 0.136 e. The second kappa shape index (κ2) is 4.19. The van der Waals surface area contributed by atoms with Gasteiger partial charge in [-0.05, 0) is 43.5 Å². The second-order valence-electron chi connectivity index (χ2n) is 2.74. The molecule has 0 bridgehead atoms. The molecule has 1 heterocycles. The molecule has 0 atom stereocenters. The fourth-order valence-electron chi connectivity index (χ4n) is 1.17. The lowest BCUT2D eigenvalue weighted by Crippen LogP contribution is -1.87. The monoisotopic (exact) mass is 312 g/mol. The second-order valence-corrected chi connectivity index (χ2v) is 4.30. The third-order valence-electron chi connectivity index (χ3n) is 1.80. The van der Waals surface area contributed by atoms with E-state index < -0.39 is 0 Å². The highest BCUT2D eigenvalue weighted by atomic mass is 79.9. The van der Waals surface area contributed by atoms with Crippen molar-refractivity contribution in [1.82, 2.24) is 10.2 Å². The summed E-state index contributed by atoms with van der Waals surface area (Å²) in [5.41, 5.74) is 2.16.